The number of fused-ring (bicyclic) bond motifs is 2. The average Bonchev–Trinajstić information content (AvgIpc) is 2.50. The smallest absolute Gasteiger partial charge is 0.150 e. The van der Waals surface area contributed by atoms with Crippen LogP contribution in [0.5, 0.6) is 0 Å². The molecule has 3 heteroatoms. The summed E-state index contributed by atoms with van der Waals surface area (Å²) < 4.78 is 0. The summed E-state index contributed by atoms with van der Waals surface area (Å²) >= 11 is 7.00. The number of hydrogen-bond acceptors (Lipinski definition) is 1. The summed E-state index contributed by atoms with van der Waals surface area (Å²) in [6, 6.07) is 14.8. The van der Waals surface area contributed by atoms with E-state index in [2.05, 4.69) is 62.2 Å². The number of halogens is 2. The fourth-order valence-corrected chi connectivity index (χ4v) is 3.71. The van der Waals surface area contributed by atoms with Crippen molar-refractivity contribution < 1.29 is 4.79 Å². The first-order chi connectivity index (χ1) is 9.78. The van der Waals surface area contributed by atoms with Gasteiger partial charge in [0.2, 0.25) is 0 Å². The molecule has 0 fully saturated rings. The minimum atomic E-state index is 0.677. The molecular formula is C17H12Br2O. The molecule has 0 aliphatic heterocycles. The third-order valence-electron chi connectivity index (χ3n) is 3.64. The number of rotatable bonds is 3. The van der Waals surface area contributed by atoms with Crippen molar-refractivity contribution >= 4 is 59.7 Å². The number of alkyl halides is 2. The van der Waals surface area contributed by atoms with Crippen LogP contribution in [-0.4, -0.2) is 6.29 Å². The topological polar surface area (TPSA) is 17.1 Å². The Morgan fingerprint density at radius 1 is 0.900 bits per heavy atom. The van der Waals surface area contributed by atoms with Crippen LogP contribution in [0.25, 0.3) is 21.5 Å². The van der Waals surface area contributed by atoms with Gasteiger partial charge in [0.15, 0.2) is 6.29 Å². The van der Waals surface area contributed by atoms with Crippen molar-refractivity contribution in [3.05, 3.63) is 59.2 Å². The first-order valence-electron chi connectivity index (χ1n) is 6.33. The van der Waals surface area contributed by atoms with Gasteiger partial charge in [-0.15, -0.1) is 0 Å². The third kappa shape index (κ3) is 2.19. The second kappa shape index (κ2) is 5.66. The van der Waals surface area contributed by atoms with E-state index in [9.17, 15) is 4.79 Å². The minimum absolute atomic E-state index is 0.677. The first kappa shape index (κ1) is 13.8. The first-order valence-corrected chi connectivity index (χ1v) is 8.57. The Balaban J connectivity index is 2.48. The summed E-state index contributed by atoms with van der Waals surface area (Å²) in [6.45, 7) is 0. The fourth-order valence-electron chi connectivity index (χ4n) is 2.64. The molecule has 0 saturated heterocycles. The summed E-state index contributed by atoms with van der Waals surface area (Å²) in [6.07, 6.45) is 0.960. The van der Waals surface area contributed by atoms with E-state index >= 15 is 0 Å². The predicted octanol–water partition coefficient (Wildman–Crippen LogP) is 5.60. The molecule has 0 N–H and O–H groups in total. The van der Waals surface area contributed by atoms with Gasteiger partial charge in [-0.2, -0.15) is 0 Å². The van der Waals surface area contributed by atoms with E-state index in [-0.39, 0.29) is 0 Å². The van der Waals surface area contributed by atoms with Gasteiger partial charge >= 0.3 is 0 Å². The van der Waals surface area contributed by atoms with E-state index in [0.29, 0.717) is 10.7 Å². The van der Waals surface area contributed by atoms with Crippen LogP contribution in [0.3, 0.4) is 0 Å². The molecule has 3 aromatic carbocycles. The molecule has 3 aromatic rings. The van der Waals surface area contributed by atoms with Crippen LogP contribution in [0.4, 0.5) is 0 Å². The summed E-state index contributed by atoms with van der Waals surface area (Å²) in [7, 11) is 0. The highest BCUT2D eigenvalue weighted by atomic mass is 79.9. The second-order valence-electron chi connectivity index (χ2n) is 4.73. The quantitative estimate of drug-likeness (QED) is 0.323. The predicted molar refractivity (Wildman–Crippen MR) is 92.1 cm³/mol. The highest BCUT2D eigenvalue weighted by Gasteiger charge is 2.12. The number of carbonyl (C=O) groups is 1. The van der Waals surface area contributed by atoms with Crippen LogP contribution >= 0.6 is 31.9 Å². The molecule has 20 heavy (non-hydrogen) atoms. The van der Waals surface area contributed by atoms with Gasteiger partial charge in [-0.3, -0.25) is 4.79 Å². The lowest BCUT2D eigenvalue weighted by molar-refractivity contribution is 0.112. The molecule has 3 rings (SSSR count). The third-order valence-corrected chi connectivity index (χ3v) is 4.80. The normalized spacial score (nSPS) is 11.1. The fraction of sp³-hybridized carbons (Fsp3) is 0.118. The Kier molecular flexibility index (Phi) is 3.90. The Morgan fingerprint density at radius 3 is 2.20 bits per heavy atom. The van der Waals surface area contributed by atoms with Gasteiger partial charge in [-0.1, -0.05) is 56.1 Å². The Labute approximate surface area is 134 Å². The number of benzene rings is 3. The molecule has 0 aromatic heterocycles. The summed E-state index contributed by atoms with van der Waals surface area (Å²) in [4.78, 5) is 11.4. The van der Waals surface area contributed by atoms with Crippen molar-refractivity contribution in [2.75, 3.05) is 0 Å². The number of hydrogen-bond donors (Lipinski definition) is 0. The van der Waals surface area contributed by atoms with E-state index in [1.165, 1.54) is 16.2 Å². The SMILES string of the molecule is O=Cc1c(CBr)cc2cc3ccccc3cc2c1CBr. The van der Waals surface area contributed by atoms with Crippen molar-refractivity contribution in [3.63, 3.8) is 0 Å². The van der Waals surface area contributed by atoms with Gasteiger partial charge in [0.25, 0.3) is 0 Å². The molecule has 0 saturated carbocycles. The molecule has 1 nitrogen and oxygen atoms in total. The van der Waals surface area contributed by atoms with E-state index in [4.69, 9.17) is 0 Å². The molecule has 100 valence electrons. The lowest BCUT2D eigenvalue weighted by Crippen LogP contribution is -1.97. The molecule has 0 radical (unpaired) electrons. The van der Waals surface area contributed by atoms with Crippen LogP contribution in [0.15, 0.2) is 42.5 Å². The highest BCUT2D eigenvalue weighted by molar-refractivity contribution is 9.08. The summed E-state index contributed by atoms with van der Waals surface area (Å²) in [5.74, 6) is 0. The Hall–Kier alpha value is -1.19. The van der Waals surface area contributed by atoms with E-state index < -0.39 is 0 Å². The van der Waals surface area contributed by atoms with Gasteiger partial charge in [-0.05, 0) is 50.9 Å². The molecule has 0 unspecified atom stereocenters. The van der Waals surface area contributed by atoms with E-state index in [0.717, 1.165) is 28.4 Å². The summed E-state index contributed by atoms with van der Waals surface area (Å²) in [5, 5.41) is 6.11. The van der Waals surface area contributed by atoms with Crippen LogP contribution < -0.4 is 0 Å². The number of carbonyl (C=O) groups excluding carboxylic acids is 1. The van der Waals surface area contributed by atoms with Crippen molar-refractivity contribution in [1.29, 1.82) is 0 Å². The number of aldehydes is 1. The molecule has 0 aliphatic carbocycles. The largest absolute Gasteiger partial charge is 0.298 e. The lowest BCUT2D eigenvalue weighted by atomic mass is 9.94. The monoisotopic (exact) mass is 390 g/mol. The lowest BCUT2D eigenvalue weighted by Gasteiger charge is -2.12. The maximum absolute atomic E-state index is 11.4. The van der Waals surface area contributed by atoms with Crippen molar-refractivity contribution in [2.24, 2.45) is 0 Å². The van der Waals surface area contributed by atoms with E-state index in [1.54, 1.807) is 0 Å². The van der Waals surface area contributed by atoms with E-state index in [1.807, 2.05) is 12.1 Å². The molecule has 0 aliphatic rings. The minimum Gasteiger partial charge on any atom is -0.298 e. The van der Waals surface area contributed by atoms with Crippen molar-refractivity contribution in [2.45, 2.75) is 10.7 Å². The Morgan fingerprint density at radius 2 is 1.60 bits per heavy atom. The zero-order valence-electron chi connectivity index (χ0n) is 10.7. The zero-order valence-corrected chi connectivity index (χ0v) is 13.9. The average molecular weight is 392 g/mol. The summed E-state index contributed by atoms with van der Waals surface area (Å²) in [5.41, 5.74) is 2.90. The van der Waals surface area contributed by atoms with Crippen LogP contribution in [-0.2, 0) is 10.7 Å². The van der Waals surface area contributed by atoms with Gasteiger partial charge in [0.1, 0.15) is 0 Å². The molecule has 0 spiro atoms. The van der Waals surface area contributed by atoms with Crippen LogP contribution in [0.1, 0.15) is 21.5 Å². The van der Waals surface area contributed by atoms with Gasteiger partial charge in [-0.25, -0.2) is 0 Å². The highest BCUT2D eigenvalue weighted by Crippen LogP contribution is 2.31. The maximum Gasteiger partial charge on any atom is 0.150 e. The van der Waals surface area contributed by atoms with Gasteiger partial charge < -0.3 is 0 Å². The second-order valence-corrected chi connectivity index (χ2v) is 5.85. The molecule has 0 heterocycles. The molecular weight excluding hydrogens is 380 g/mol. The molecule has 0 atom stereocenters. The zero-order chi connectivity index (χ0) is 14.1. The van der Waals surface area contributed by atoms with Gasteiger partial charge in [0.05, 0.1) is 0 Å². The van der Waals surface area contributed by atoms with Gasteiger partial charge in [0, 0.05) is 16.2 Å². The molecule has 0 amide bonds. The standard InChI is InChI=1S/C17H12Br2O/c18-8-14-6-13-5-11-3-1-2-4-12(11)7-15(13)16(9-19)17(14)10-20/h1-7,10H,8-9H2. The Bertz CT molecular complexity index is 809. The van der Waals surface area contributed by atoms with Crippen molar-refractivity contribution in [1.82, 2.24) is 0 Å². The van der Waals surface area contributed by atoms with Crippen LogP contribution in [0.2, 0.25) is 0 Å². The van der Waals surface area contributed by atoms with Crippen molar-refractivity contribution in [3.8, 4) is 0 Å². The maximum atomic E-state index is 11.4. The molecule has 0 bridgehead atoms. The van der Waals surface area contributed by atoms with Crippen LogP contribution in [0, 0.1) is 0 Å².